The van der Waals surface area contributed by atoms with Crippen LogP contribution in [0.25, 0.3) is 0 Å². The summed E-state index contributed by atoms with van der Waals surface area (Å²) in [7, 11) is 0. The van der Waals surface area contributed by atoms with E-state index >= 15 is 0 Å². The van der Waals surface area contributed by atoms with Crippen LogP contribution in [0.15, 0.2) is 30.3 Å². The lowest BCUT2D eigenvalue weighted by atomic mass is 10.2. The number of aromatic carboxylic acids is 1. The summed E-state index contributed by atoms with van der Waals surface area (Å²) in [4.78, 5) is 26.1. The van der Waals surface area contributed by atoms with Gasteiger partial charge in [0, 0.05) is 0 Å². The van der Waals surface area contributed by atoms with Crippen LogP contribution in [0, 0.1) is 0 Å². The molecule has 0 aliphatic heterocycles. The fourth-order valence-corrected chi connectivity index (χ4v) is 2.07. The number of hydrogen-bond acceptors (Lipinski definition) is 6. The fourth-order valence-electron chi connectivity index (χ4n) is 1.36. The van der Waals surface area contributed by atoms with Crippen molar-refractivity contribution in [2.75, 3.05) is 5.73 Å². The third kappa shape index (κ3) is 3.08. The number of nitrogens with zero attached hydrogens (tertiary/aromatic N) is 1. The van der Waals surface area contributed by atoms with E-state index in [4.69, 9.17) is 15.6 Å². The van der Waals surface area contributed by atoms with Gasteiger partial charge in [-0.3, -0.25) is 0 Å². The zero-order valence-corrected chi connectivity index (χ0v) is 10.5. The van der Waals surface area contributed by atoms with E-state index in [1.807, 2.05) is 30.3 Å². The van der Waals surface area contributed by atoms with Crippen molar-refractivity contribution in [2.45, 2.75) is 6.61 Å². The van der Waals surface area contributed by atoms with Gasteiger partial charge in [-0.2, -0.15) is 0 Å². The van der Waals surface area contributed by atoms with Crippen molar-refractivity contribution in [3.63, 3.8) is 0 Å². The molecule has 0 bridgehead atoms. The molecule has 1 heterocycles. The van der Waals surface area contributed by atoms with E-state index in [1.165, 1.54) is 0 Å². The van der Waals surface area contributed by atoms with E-state index in [9.17, 15) is 9.59 Å². The van der Waals surface area contributed by atoms with Gasteiger partial charge in [0.2, 0.25) is 5.01 Å². The number of esters is 1. The number of carbonyl (C=O) groups is 2. The number of nitrogens with two attached hydrogens (primary N) is 1. The van der Waals surface area contributed by atoms with Gasteiger partial charge in [0.1, 0.15) is 11.6 Å². The Morgan fingerprint density at radius 2 is 2.00 bits per heavy atom. The number of nitrogen functional groups attached to an aromatic ring is 1. The number of carbonyl (C=O) groups excluding carboxylic acids is 1. The molecule has 0 amide bonds. The summed E-state index contributed by atoms with van der Waals surface area (Å²) in [5, 5.41) is 8.70. The Morgan fingerprint density at radius 1 is 1.32 bits per heavy atom. The maximum atomic E-state index is 11.7. The van der Waals surface area contributed by atoms with Crippen molar-refractivity contribution in [1.82, 2.24) is 4.98 Å². The second-order valence-corrected chi connectivity index (χ2v) is 4.63. The minimum atomic E-state index is -1.27. The standard InChI is InChI=1S/C12H10N2O4S/c13-9-8(11(15)16)14-10(19-9)12(17)18-6-7-4-2-1-3-5-7/h1-5H,6,13H2,(H,15,16). The topological polar surface area (TPSA) is 103 Å². The monoisotopic (exact) mass is 278 g/mol. The molecule has 0 unspecified atom stereocenters. The Bertz CT molecular complexity index is 609. The number of anilines is 1. The molecule has 19 heavy (non-hydrogen) atoms. The van der Waals surface area contributed by atoms with Gasteiger partial charge in [-0.15, -0.1) is 0 Å². The first-order chi connectivity index (χ1) is 9.08. The minimum Gasteiger partial charge on any atom is -0.476 e. The Balaban J connectivity index is 2.04. The second-order valence-electron chi connectivity index (χ2n) is 3.60. The highest BCUT2D eigenvalue weighted by Crippen LogP contribution is 2.22. The first-order valence-electron chi connectivity index (χ1n) is 5.28. The van der Waals surface area contributed by atoms with Crippen LogP contribution in [0.3, 0.4) is 0 Å². The van der Waals surface area contributed by atoms with Crippen molar-refractivity contribution in [3.05, 3.63) is 46.6 Å². The predicted octanol–water partition coefficient (Wildman–Crippen LogP) is 1.78. The van der Waals surface area contributed by atoms with Crippen LogP contribution in [-0.2, 0) is 11.3 Å². The molecule has 0 atom stereocenters. The normalized spacial score (nSPS) is 10.1. The SMILES string of the molecule is Nc1sc(C(=O)OCc2ccccc2)nc1C(=O)O. The molecule has 2 rings (SSSR count). The van der Waals surface area contributed by atoms with Crippen LogP contribution in [-0.4, -0.2) is 22.0 Å². The van der Waals surface area contributed by atoms with E-state index < -0.39 is 11.9 Å². The smallest absolute Gasteiger partial charge is 0.367 e. The molecule has 3 N–H and O–H groups in total. The third-order valence-corrected chi connectivity index (χ3v) is 3.11. The van der Waals surface area contributed by atoms with Gasteiger partial charge in [0.25, 0.3) is 0 Å². The number of hydrogen-bond donors (Lipinski definition) is 2. The van der Waals surface area contributed by atoms with E-state index in [0.717, 1.165) is 16.9 Å². The Morgan fingerprint density at radius 3 is 2.58 bits per heavy atom. The highest BCUT2D eigenvalue weighted by molar-refractivity contribution is 7.17. The molecular formula is C12H10N2O4S. The highest BCUT2D eigenvalue weighted by atomic mass is 32.1. The first-order valence-corrected chi connectivity index (χ1v) is 6.10. The highest BCUT2D eigenvalue weighted by Gasteiger charge is 2.20. The number of aromatic nitrogens is 1. The number of carboxylic acid groups (broad SMARTS) is 1. The molecular weight excluding hydrogens is 268 g/mol. The van der Waals surface area contributed by atoms with Crippen LogP contribution >= 0.6 is 11.3 Å². The molecule has 0 radical (unpaired) electrons. The van der Waals surface area contributed by atoms with Gasteiger partial charge in [-0.25, -0.2) is 14.6 Å². The van der Waals surface area contributed by atoms with Crippen molar-refractivity contribution in [2.24, 2.45) is 0 Å². The molecule has 7 heteroatoms. The Hall–Kier alpha value is -2.41. The zero-order valence-electron chi connectivity index (χ0n) is 9.70. The van der Waals surface area contributed by atoms with Crippen LogP contribution < -0.4 is 5.73 Å². The Labute approximate surface area is 112 Å². The average molecular weight is 278 g/mol. The van der Waals surface area contributed by atoms with Crippen LogP contribution in [0.4, 0.5) is 5.00 Å². The molecule has 1 aromatic carbocycles. The molecule has 2 aromatic rings. The molecule has 6 nitrogen and oxygen atoms in total. The van der Waals surface area contributed by atoms with Crippen molar-refractivity contribution in [1.29, 1.82) is 0 Å². The summed E-state index contributed by atoms with van der Waals surface area (Å²) < 4.78 is 5.02. The minimum absolute atomic E-state index is 0.0147. The van der Waals surface area contributed by atoms with Gasteiger partial charge in [0.05, 0.1) is 0 Å². The molecule has 98 valence electrons. The summed E-state index contributed by atoms with van der Waals surface area (Å²) in [6.45, 7) is 0.0988. The van der Waals surface area contributed by atoms with Crippen molar-refractivity contribution >= 4 is 28.3 Å². The zero-order chi connectivity index (χ0) is 13.8. The van der Waals surface area contributed by atoms with Crippen molar-refractivity contribution in [3.8, 4) is 0 Å². The van der Waals surface area contributed by atoms with Crippen LogP contribution in [0.2, 0.25) is 0 Å². The first kappa shape index (κ1) is 13.0. The third-order valence-electron chi connectivity index (χ3n) is 2.24. The van der Waals surface area contributed by atoms with Crippen molar-refractivity contribution < 1.29 is 19.4 Å². The summed E-state index contributed by atoms with van der Waals surface area (Å²) in [5.74, 6) is -1.95. The number of benzene rings is 1. The number of carboxylic acids is 1. The van der Waals surface area contributed by atoms with Gasteiger partial charge in [-0.05, 0) is 5.56 Å². The van der Waals surface area contributed by atoms with E-state index in [1.54, 1.807) is 0 Å². The van der Waals surface area contributed by atoms with Gasteiger partial charge < -0.3 is 15.6 Å². The maximum Gasteiger partial charge on any atom is 0.367 e. The lowest BCUT2D eigenvalue weighted by molar-refractivity contribution is 0.0472. The van der Waals surface area contributed by atoms with E-state index in [-0.39, 0.29) is 22.3 Å². The number of thiazole rings is 1. The summed E-state index contributed by atoms with van der Waals surface area (Å²) in [6.07, 6.45) is 0. The average Bonchev–Trinajstić information content (AvgIpc) is 2.79. The lowest BCUT2D eigenvalue weighted by Crippen LogP contribution is -2.06. The molecule has 0 fully saturated rings. The fraction of sp³-hybridized carbons (Fsp3) is 0.0833. The summed E-state index contributed by atoms with van der Waals surface area (Å²) in [6, 6.07) is 9.13. The largest absolute Gasteiger partial charge is 0.476 e. The van der Waals surface area contributed by atoms with Gasteiger partial charge in [-0.1, -0.05) is 41.7 Å². The predicted molar refractivity (Wildman–Crippen MR) is 69.0 cm³/mol. The summed E-state index contributed by atoms with van der Waals surface area (Å²) >= 11 is 0.797. The Kier molecular flexibility index (Phi) is 3.76. The van der Waals surface area contributed by atoms with Gasteiger partial charge in [0.15, 0.2) is 5.69 Å². The molecule has 0 saturated heterocycles. The van der Waals surface area contributed by atoms with Crippen LogP contribution in [0.5, 0.6) is 0 Å². The van der Waals surface area contributed by atoms with E-state index in [2.05, 4.69) is 4.98 Å². The van der Waals surface area contributed by atoms with Crippen LogP contribution in [0.1, 0.15) is 25.9 Å². The molecule has 0 aliphatic rings. The quantitative estimate of drug-likeness (QED) is 0.826. The maximum absolute atomic E-state index is 11.7. The molecule has 0 aliphatic carbocycles. The summed E-state index contributed by atoms with van der Waals surface area (Å²) in [5.41, 5.74) is 5.96. The number of rotatable bonds is 4. The molecule has 0 saturated carbocycles. The van der Waals surface area contributed by atoms with Gasteiger partial charge >= 0.3 is 11.9 Å². The second kappa shape index (κ2) is 5.49. The molecule has 1 aromatic heterocycles. The number of ether oxygens (including phenoxy) is 1. The molecule has 0 spiro atoms. The van der Waals surface area contributed by atoms with E-state index in [0.29, 0.717) is 0 Å². The lowest BCUT2D eigenvalue weighted by Gasteiger charge is -2.01.